The second-order valence-electron chi connectivity index (χ2n) is 12.7. The van der Waals surface area contributed by atoms with E-state index in [1.807, 2.05) is 30.3 Å². The summed E-state index contributed by atoms with van der Waals surface area (Å²) in [6.45, 7) is 9.72. The number of halogens is 1. The van der Waals surface area contributed by atoms with E-state index in [1.165, 1.54) is 5.56 Å². The molecule has 0 aromatic heterocycles. The highest BCUT2D eigenvalue weighted by Gasteiger charge is 2.48. The lowest BCUT2D eigenvalue weighted by molar-refractivity contribution is -0.147. The Morgan fingerprint density at radius 1 is 0.897 bits per heavy atom. The van der Waals surface area contributed by atoms with Crippen LogP contribution in [0.25, 0.3) is 0 Å². The largest absolute Gasteiger partial charge is 0.342 e. The normalized spacial score (nSPS) is 25.3. The third-order valence-electron chi connectivity index (χ3n) is 9.73. The van der Waals surface area contributed by atoms with E-state index in [2.05, 4.69) is 60.2 Å². The number of likely N-dealkylation sites (tertiary alicyclic amines) is 2. The van der Waals surface area contributed by atoms with Gasteiger partial charge in [-0.3, -0.25) is 9.59 Å². The summed E-state index contributed by atoms with van der Waals surface area (Å²) in [5.41, 5.74) is 1.73. The van der Waals surface area contributed by atoms with Crippen molar-refractivity contribution in [2.75, 3.05) is 26.2 Å². The monoisotopic (exact) mass is 549 g/mol. The zero-order valence-corrected chi connectivity index (χ0v) is 24.6. The van der Waals surface area contributed by atoms with Crippen molar-refractivity contribution in [3.05, 3.63) is 70.7 Å². The molecule has 2 heterocycles. The van der Waals surface area contributed by atoms with Gasteiger partial charge in [0.05, 0.1) is 5.41 Å². The van der Waals surface area contributed by atoms with Crippen LogP contribution in [0.5, 0.6) is 0 Å². The Labute approximate surface area is 239 Å². The van der Waals surface area contributed by atoms with E-state index in [1.54, 1.807) is 0 Å². The molecule has 3 aliphatic rings. The van der Waals surface area contributed by atoms with Gasteiger partial charge in [-0.25, -0.2) is 0 Å². The highest BCUT2D eigenvalue weighted by molar-refractivity contribution is 6.30. The molecule has 1 aliphatic carbocycles. The van der Waals surface area contributed by atoms with Crippen LogP contribution in [0, 0.1) is 11.3 Å². The SMILES string of the molecule is C[C@@H](N[C@@H]1CC[C@@H](C(=O)N2CCC(C(=O)N3CCCC3)(c3ccccc3)CC2)C(C)(C)C1)c1ccc(Cl)cc1. The number of carbonyl (C=O) groups is 2. The summed E-state index contributed by atoms with van der Waals surface area (Å²) in [5, 5.41) is 4.56. The second kappa shape index (κ2) is 11.6. The van der Waals surface area contributed by atoms with Crippen molar-refractivity contribution < 1.29 is 9.59 Å². The molecule has 6 heteroatoms. The number of carbonyl (C=O) groups excluding carboxylic acids is 2. The fraction of sp³-hybridized carbons (Fsp3) is 0.576. The van der Waals surface area contributed by atoms with E-state index in [9.17, 15) is 9.59 Å². The van der Waals surface area contributed by atoms with Crippen molar-refractivity contribution in [2.45, 2.75) is 83.2 Å². The van der Waals surface area contributed by atoms with Crippen molar-refractivity contribution in [2.24, 2.45) is 11.3 Å². The maximum Gasteiger partial charge on any atom is 0.233 e. The number of benzene rings is 2. The lowest BCUT2D eigenvalue weighted by Crippen LogP contribution is -2.55. The van der Waals surface area contributed by atoms with Crippen molar-refractivity contribution in [1.29, 1.82) is 0 Å². The third kappa shape index (κ3) is 5.90. The first-order valence-electron chi connectivity index (χ1n) is 14.8. The van der Waals surface area contributed by atoms with Crippen LogP contribution in [-0.4, -0.2) is 53.8 Å². The molecule has 210 valence electrons. The Morgan fingerprint density at radius 2 is 1.54 bits per heavy atom. The zero-order chi connectivity index (χ0) is 27.6. The van der Waals surface area contributed by atoms with Gasteiger partial charge < -0.3 is 15.1 Å². The van der Waals surface area contributed by atoms with E-state index in [0.717, 1.165) is 55.8 Å². The van der Waals surface area contributed by atoms with E-state index in [4.69, 9.17) is 11.6 Å². The lowest BCUT2D eigenvalue weighted by atomic mass is 9.66. The highest BCUT2D eigenvalue weighted by Crippen LogP contribution is 2.44. The van der Waals surface area contributed by atoms with Crippen molar-refractivity contribution in [3.63, 3.8) is 0 Å². The quantitative estimate of drug-likeness (QED) is 0.455. The van der Waals surface area contributed by atoms with E-state index < -0.39 is 5.41 Å². The van der Waals surface area contributed by atoms with Crippen LogP contribution < -0.4 is 5.32 Å². The predicted octanol–water partition coefficient (Wildman–Crippen LogP) is 6.37. The summed E-state index contributed by atoms with van der Waals surface area (Å²) in [6, 6.07) is 19.0. The molecular formula is C33H44ClN3O2. The molecule has 1 saturated carbocycles. The first-order chi connectivity index (χ1) is 18.7. The fourth-order valence-corrected chi connectivity index (χ4v) is 7.50. The average Bonchev–Trinajstić information content (AvgIpc) is 3.48. The molecule has 3 atom stereocenters. The molecular weight excluding hydrogens is 506 g/mol. The van der Waals surface area contributed by atoms with Gasteiger partial charge in [-0.15, -0.1) is 0 Å². The van der Waals surface area contributed by atoms with E-state index in [-0.39, 0.29) is 29.2 Å². The second-order valence-corrected chi connectivity index (χ2v) is 13.2. The maximum absolute atomic E-state index is 13.9. The average molecular weight is 550 g/mol. The number of rotatable bonds is 6. The Kier molecular flexibility index (Phi) is 8.40. The first-order valence-corrected chi connectivity index (χ1v) is 15.2. The summed E-state index contributed by atoms with van der Waals surface area (Å²) in [7, 11) is 0. The first kappa shape index (κ1) is 28.2. The van der Waals surface area contributed by atoms with Crippen molar-refractivity contribution in [3.8, 4) is 0 Å². The summed E-state index contributed by atoms with van der Waals surface area (Å²) in [6.07, 6.45) is 6.44. The summed E-state index contributed by atoms with van der Waals surface area (Å²) in [4.78, 5) is 31.9. The highest BCUT2D eigenvalue weighted by atomic mass is 35.5. The minimum atomic E-state index is -0.517. The van der Waals surface area contributed by atoms with Crippen LogP contribution in [0.1, 0.15) is 82.9 Å². The van der Waals surface area contributed by atoms with Gasteiger partial charge in [0, 0.05) is 49.2 Å². The molecule has 2 aliphatic heterocycles. The van der Waals surface area contributed by atoms with Gasteiger partial charge in [0.1, 0.15) is 0 Å². The molecule has 0 spiro atoms. The van der Waals surface area contributed by atoms with Gasteiger partial charge in [-0.05, 0) is 80.5 Å². The number of hydrogen-bond donors (Lipinski definition) is 1. The van der Waals surface area contributed by atoms with Crippen LogP contribution in [0.2, 0.25) is 5.02 Å². The van der Waals surface area contributed by atoms with Crippen molar-refractivity contribution >= 4 is 23.4 Å². The Balaban J connectivity index is 1.23. The van der Waals surface area contributed by atoms with E-state index >= 15 is 0 Å². The maximum atomic E-state index is 13.9. The molecule has 0 unspecified atom stereocenters. The molecule has 0 bridgehead atoms. The molecule has 3 fully saturated rings. The molecule has 2 amide bonds. The van der Waals surface area contributed by atoms with Gasteiger partial charge in [0.25, 0.3) is 0 Å². The van der Waals surface area contributed by atoms with Gasteiger partial charge in [-0.1, -0.05) is 67.9 Å². The van der Waals surface area contributed by atoms with Crippen LogP contribution in [0.4, 0.5) is 0 Å². The fourth-order valence-electron chi connectivity index (χ4n) is 7.37. The van der Waals surface area contributed by atoms with Gasteiger partial charge in [-0.2, -0.15) is 0 Å². The van der Waals surface area contributed by atoms with Gasteiger partial charge in [0.2, 0.25) is 11.8 Å². The van der Waals surface area contributed by atoms with Gasteiger partial charge in [0.15, 0.2) is 0 Å². The molecule has 2 aromatic carbocycles. The summed E-state index contributed by atoms with van der Waals surface area (Å²) in [5.74, 6) is 0.555. The smallest absolute Gasteiger partial charge is 0.233 e. The molecule has 2 aromatic rings. The molecule has 39 heavy (non-hydrogen) atoms. The van der Waals surface area contributed by atoms with Crippen LogP contribution >= 0.6 is 11.6 Å². The summed E-state index contributed by atoms with van der Waals surface area (Å²) >= 11 is 6.07. The Hall–Kier alpha value is -2.37. The van der Waals surface area contributed by atoms with Crippen LogP contribution in [0.15, 0.2) is 54.6 Å². The number of hydrogen-bond acceptors (Lipinski definition) is 3. The molecule has 2 saturated heterocycles. The Bertz CT molecular complexity index is 1140. The molecule has 5 rings (SSSR count). The zero-order valence-electron chi connectivity index (χ0n) is 23.8. The standard InChI is InChI=1S/C33H44ClN3O2/c1-24(25-11-13-27(34)14-12-25)35-28-15-16-29(32(2,3)23-28)30(38)36-21-17-33(18-22-36,26-9-5-4-6-10-26)31(39)37-19-7-8-20-37/h4-6,9-14,24,28-29,35H,7-8,15-23H2,1-3H3/t24-,28-,29+/m1/s1. The molecule has 5 nitrogen and oxygen atoms in total. The van der Waals surface area contributed by atoms with E-state index in [0.29, 0.717) is 32.0 Å². The molecule has 0 radical (unpaired) electrons. The third-order valence-corrected chi connectivity index (χ3v) is 9.98. The topological polar surface area (TPSA) is 52.7 Å². The van der Waals surface area contributed by atoms with Gasteiger partial charge >= 0.3 is 0 Å². The minimum Gasteiger partial charge on any atom is -0.342 e. The minimum absolute atomic E-state index is 0.0138. The van der Waals surface area contributed by atoms with Crippen molar-refractivity contribution in [1.82, 2.24) is 15.1 Å². The number of piperidine rings is 1. The predicted molar refractivity (Wildman–Crippen MR) is 158 cm³/mol. The number of amides is 2. The number of nitrogens with zero attached hydrogens (tertiary/aromatic N) is 2. The Morgan fingerprint density at radius 3 is 2.15 bits per heavy atom. The summed E-state index contributed by atoms with van der Waals surface area (Å²) < 4.78 is 0. The van der Waals surface area contributed by atoms with Crippen LogP contribution in [-0.2, 0) is 15.0 Å². The molecule has 1 N–H and O–H groups in total. The van der Waals surface area contributed by atoms with Crippen LogP contribution in [0.3, 0.4) is 0 Å². The number of nitrogens with one attached hydrogen (secondary N) is 1. The lowest BCUT2D eigenvalue weighted by Gasteiger charge is -2.47.